The summed E-state index contributed by atoms with van der Waals surface area (Å²) in [4.78, 5) is 0. The molecule has 0 atom stereocenters. The van der Waals surface area contributed by atoms with Crippen LogP contribution in [0.15, 0.2) is 91.0 Å². The van der Waals surface area contributed by atoms with E-state index in [9.17, 15) is 5.11 Å². The van der Waals surface area contributed by atoms with Gasteiger partial charge in [-0.05, 0) is 73.5 Å². The van der Waals surface area contributed by atoms with Crippen LogP contribution in [0.2, 0.25) is 0 Å². The minimum absolute atomic E-state index is 0.312. The average molecular weight is 358 g/mol. The summed E-state index contributed by atoms with van der Waals surface area (Å²) in [6.45, 7) is 0. The van der Waals surface area contributed by atoms with Crippen molar-refractivity contribution in [1.82, 2.24) is 0 Å². The van der Waals surface area contributed by atoms with Crippen molar-refractivity contribution in [3.8, 4) is 28.0 Å². The molecule has 0 bridgehead atoms. The minimum Gasteiger partial charge on any atom is -0.508 e. The summed E-state index contributed by atoms with van der Waals surface area (Å²) in [5, 5.41) is 15.2. The lowest BCUT2D eigenvalue weighted by Crippen LogP contribution is -1.90. The van der Waals surface area contributed by atoms with E-state index in [0.29, 0.717) is 5.75 Å². The van der Waals surface area contributed by atoms with Crippen LogP contribution in [0.5, 0.6) is 5.75 Å². The Morgan fingerprint density at radius 1 is 0.536 bits per heavy atom. The number of phenolic OH excluding ortho intramolecular Hbond substituents is 1. The summed E-state index contributed by atoms with van der Waals surface area (Å²) in [6.07, 6.45) is 0.937. The fourth-order valence-corrected chi connectivity index (χ4v) is 4.73. The Morgan fingerprint density at radius 3 is 2.21 bits per heavy atom. The summed E-state index contributed by atoms with van der Waals surface area (Å²) in [6, 6.07) is 31.7. The molecule has 0 saturated carbocycles. The van der Waals surface area contributed by atoms with Crippen LogP contribution in [-0.4, -0.2) is 5.11 Å². The average Bonchev–Trinajstić information content (AvgIpc) is 3.12. The van der Waals surface area contributed by atoms with E-state index >= 15 is 0 Å². The molecular formula is C27H18O. The van der Waals surface area contributed by atoms with Crippen LogP contribution in [-0.2, 0) is 6.42 Å². The summed E-state index contributed by atoms with van der Waals surface area (Å²) in [5.41, 5.74) is 7.68. The Hall–Kier alpha value is -3.58. The van der Waals surface area contributed by atoms with Crippen molar-refractivity contribution in [3.05, 3.63) is 102 Å². The van der Waals surface area contributed by atoms with E-state index in [2.05, 4.69) is 78.9 Å². The van der Waals surface area contributed by atoms with Gasteiger partial charge in [0.05, 0.1) is 0 Å². The monoisotopic (exact) mass is 358 g/mol. The molecule has 0 fully saturated rings. The van der Waals surface area contributed by atoms with Gasteiger partial charge in [-0.25, -0.2) is 0 Å². The van der Waals surface area contributed by atoms with Crippen LogP contribution in [0.3, 0.4) is 0 Å². The third-order valence-electron chi connectivity index (χ3n) is 5.99. The standard InChI is InChI=1S/C27H18O/c28-19-15-26-20-8-3-1-6-17(20)12-13-24(26)27(16-19)23-11-5-10-22-21-9-4-2-7-18(21)14-25(22)23/h1-13,15-16,28H,14H2. The fraction of sp³-hybridized carbons (Fsp3) is 0.0370. The molecule has 6 rings (SSSR count). The van der Waals surface area contributed by atoms with Gasteiger partial charge in [0.1, 0.15) is 5.75 Å². The van der Waals surface area contributed by atoms with E-state index in [4.69, 9.17) is 0 Å². The van der Waals surface area contributed by atoms with Gasteiger partial charge in [-0.3, -0.25) is 0 Å². The summed E-state index contributed by atoms with van der Waals surface area (Å²) >= 11 is 0. The second-order valence-electron chi connectivity index (χ2n) is 7.54. The fourth-order valence-electron chi connectivity index (χ4n) is 4.73. The third-order valence-corrected chi connectivity index (χ3v) is 5.99. The Balaban J connectivity index is 1.68. The molecule has 5 aromatic rings. The lowest BCUT2D eigenvalue weighted by Gasteiger charge is -2.14. The molecule has 5 aromatic carbocycles. The van der Waals surface area contributed by atoms with E-state index in [1.54, 1.807) is 0 Å². The van der Waals surface area contributed by atoms with Gasteiger partial charge in [0.15, 0.2) is 0 Å². The second-order valence-corrected chi connectivity index (χ2v) is 7.54. The highest BCUT2D eigenvalue weighted by molar-refractivity contribution is 6.13. The highest BCUT2D eigenvalue weighted by atomic mass is 16.3. The first-order chi connectivity index (χ1) is 13.8. The zero-order valence-electron chi connectivity index (χ0n) is 15.3. The van der Waals surface area contributed by atoms with Crippen LogP contribution < -0.4 is 0 Å². The molecule has 1 aliphatic carbocycles. The summed E-state index contributed by atoms with van der Waals surface area (Å²) in [7, 11) is 0. The van der Waals surface area contributed by atoms with E-state index in [0.717, 1.165) is 17.4 Å². The van der Waals surface area contributed by atoms with Crippen LogP contribution in [0.4, 0.5) is 0 Å². The molecule has 132 valence electrons. The molecule has 1 heteroatoms. The molecule has 1 nitrogen and oxygen atoms in total. The predicted octanol–water partition coefficient (Wildman–Crippen LogP) is 6.94. The Bertz CT molecular complexity index is 1390. The maximum Gasteiger partial charge on any atom is 0.116 e. The molecule has 0 heterocycles. The SMILES string of the molecule is Oc1cc(-c2cccc3c2Cc2ccccc2-3)c2ccc3ccccc3c2c1. The van der Waals surface area contributed by atoms with Crippen molar-refractivity contribution in [1.29, 1.82) is 0 Å². The van der Waals surface area contributed by atoms with Crippen molar-refractivity contribution >= 4 is 21.5 Å². The Kier molecular flexibility index (Phi) is 3.15. The normalized spacial score (nSPS) is 12.3. The molecule has 0 radical (unpaired) electrons. The second kappa shape index (κ2) is 5.71. The zero-order valence-corrected chi connectivity index (χ0v) is 15.3. The minimum atomic E-state index is 0.312. The molecule has 0 aromatic heterocycles. The zero-order chi connectivity index (χ0) is 18.7. The molecule has 1 N–H and O–H groups in total. The molecule has 0 spiro atoms. The molecule has 28 heavy (non-hydrogen) atoms. The van der Waals surface area contributed by atoms with Gasteiger partial charge in [0, 0.05) is 0 Å². The smallest absolute Gasteiger partial charge is 0.116 e. The number of rotatable bonds is 1. The first-order valence-corrected chi connectivity index (χ1v) is 9.64. The highest BCUT2D eigenvalue weighted by Gasteiger charge is 2.22. The van der Waals surface area contributed by atoms with Crippen LogP contribution in [0.25, 0.3) is 43.8 Å². The third kappa shape index (κ3) is 2.13. The van der Waals surface area contributed by atoms with Gasteiger partial charge in [0.2, 0.25) is 0 Å². The molecule has 0 saturated heterocycles. The van der Waals surface area contributed by atoms with Crippen LogP contribution >= 0.6 is 0 Å². The lowest BCUT2D eigenvalue weighted by molar-refractivity contribution is 0.476. The molecular weight excluding hydrogens is 340 g/mol. The Labute approximate surface area is 163 Å². The van der Waals surface area contributed by atoms with Gasteiger partial charge in [-0.15, -0.1) is 0 Å². The topological polar surface area (TPSA) is 20.2 Å². The van der Waals surface area contributed by atoms with Crippen molar-refractivity contribution in [2.24, 2.45) is 0 Å². The van der Waals surface area contributed by atoms with Crippen molar-refractivity contribution in [3.63, 3.8) is 0 Å². The van der Waals surface area contributed by atoms with Crippen molar-refractivity contribution in [2.45, 2.75) is 6.42 Å². The van der Waals surface area contributed by atoms with Gasteiger partial charge in [-0.2, -0.15) is 0 Å². The number of fused-ring (bicyclic) bond motifs is 6. The van der Waals surface area contributed by atoms with E-state index < -0.39 is 0 Å². The van der Waals surface area contributed by atoms with Gasteiger partial charge >= 0.3 is 0 Å². The molecule has 0 aliphatic heterocycles. The van der Waals surface area contributed by atoms with E-state index in [-0.39, 0.29) is 0 Å². The maximum absolute atomic E-state index is 10.6. The quantitative estimate of drug-likeness (QED) is 0.316. The largest absolute Gasteiger partial charge is 0.508 e. The molecule has 0 unspecified atom stereocenters. The van der Waals surface area contributed by atoms with Crippen molar-refractivity contribution in [2.75, 3.05) is 0 Å². The first-order valence-electron chi connectivity index (χ1n) is 9.64. The number of aromatic hydroxyl groups is 1. The van der Waals surface area contributed by atoms with Crippen LogP contribution in [0, 0.1) is 0 Å². The number of benzene rings is 5. The van der Waals surface area contributed by atoms with Crippen LogP contribution in [0.1, 0.15) is 11.1 Å². The maximum atomic E-state index is 10.6. The summed E-state index contributed by atoms with van der Waals surface area (Å²) in [5.74, 6) is 0.312. The summed E-state index contributed by atoms with van der Waals surface area (Å²) < 4.78 is 0. The number of phenols is 1. The van der Waals surface area contributed by atoms with Gasteiger partial charge in [0.25, 0.3) is 0 Å². The number of hydrogen-bond acceptors (Lipinski definition) is 1. The van der Waals surface area contributed by atoms with Gasteiger partial charge in [-0.1, -0.05) is 78.9 Å². The number of hydrogen-bond donors (Lipinski definition) is 1. The first kappa shape index (κ1) is 15.5. The van der Waals surface area contributed by atoms with Crippen molar-refractivity contribution < 1.29 is 5.11 Å². The predicted molar refractivity (Wildman–Crippen MR) is 117 cm³/mol. The Morgan fingerprint density at radius 2 is 1.29 bits per heavy atom. The van der Waals surface area contributed by atoms with E-state index in [1.807, 2.05) is 12.1 Å². The lowest BCUT2D eigenvalue weighted by atomic mass is 9.90. The molecule has 1 aliphatic rings. The van der Waals surface area contributed by atoms with Gasteiger partial charge < -0.3 is 5.11 Å². The molecule has 0 amide bonds. The van der Waals surface area contributed by atoms with E-state index in [1.165, 1.54) is 44.0 Å². The highest BCUT2D eigenvalue weighted by Crippen LogP contribution is 2.44.